The summed E-state index contributed by atoms with van der Waals surface area (Å²) in [5.74, 6) is -0.397. The van der Waals surface area contributed by atoms with Gasteiger partial charge in [-0.25, -0.2) is 4.39 Å². The van der Waals surface area contributed by atoms with Gasteiger partial charge in [0.1, 0.15) is 5.82 Å². The van der Waals surface area contributed by atoms with Gasteiger partial charge < -0.3 is 5.32 Å². The Balaban J connectivity index is 2.00. The maximum Gasteiger partial charge on any atom is 0.142 e. The SMILES string of the molecule is CC(C)(C)NCc1cnn(Cc2ccc(Cl)c(F)c2)c1. The van der Waals surface area contributed by atoms with Crippen molar-refractivity contribution >= 4 is 11.6 Å². The van der Waals surface area contributed by atoms with Crippen molar-refractivity contribution in [2.45, 2.75) is 39.4 Å². The Bertz CT molecular complexity index is 587. The van der Waals surface area contributed by atoms with Crippen LogP contribution in [0.15, 0.2) is 30.6 Å². The first-order valence-corrected chi connectivity index (χ1v) is 6.91. The molecule has 0 aliphatic heterocycles. The Morgan fingerprint density at radius 3 is 2.70 bits per heavy atom. The monoisotopic (exact) mass is 295 g/mol. The van der Waals surface area contributed by atoms with E-state index in [-0.39, 0.29) is 10.6 Å². The highest BCUT2D eigenvalue weighted by molar-refractivity contribution is 6.30. The normalized spacial score (nSPS) is 11.8. The molecule has 0 saturated heterocycles. The fourth-order valence-corrected chi connectivity index (χ4v) is 1.89. The molecule has 0 atom stereocenters. The summed E-state index contributed by atoms with van der Waals surface area (Å²) in [6.45, 7) is 7.65. The molecular weight excluding hydrogens is 277 g/mol. The van der Waals surface area contributed by atoms with Gasteiger partial charge in [0.05, 0.1) is 17.8 Å². The third-order valence-corrected chi connectivity index (χ3v) is 3.14. The molecule has 0 fully saturated rings. The van der Waals surface area contributed by atoms with E-state index in [0.717, 1.165) is 17.7 Å². The van der Waals surface area contributed by atoms with Crippen LogP contribution in [0.25, 0.3) is 0 Å². The highest BCUT2D eigenvalue weighted by atomic mass is 35.5. The van der Waals surface area contributed by atoms with E-state index in [1.54, 1.807) is 16.8 Å². The number of rotatable bonds is 4. The summed E-state index contributed by atoms with van der Waals surface area (Å²) in [7, 11) is 0. The molecule has 3 nitrogen and oxygen atoms in total. The number of aromatic nitrogens is 2. The van der Waals surface area contributed by atoms with Gasteiger partial charge in [-0.1, -0.05) is 17.7 Å². The van der Waals surface area contributed by atoms with Crippen LogP contribution in [0.5, 0.6) is 0 Å². The molecule has 0 saturated carbocycles. The van der Waals surface area contributed by atoms with Gasteiger partial charge >= 0.3 is 0 Å². The molecule has 0 aliphatic carbocycles. The summed E-state index contributed by atoms with van der Waals surface area (Å²) in [4.78, 5) is 0. The van der Waals surface area contributed by atoms with Crippen molar-refractivity contribution in [3.05, 3.63) is 52.6 Å². The summed E-state index contributed by atoms with van der Waals surface area (Å²) >= 11 is 5.67. The van der Waals surface area contributed by atoms with E-state index in [9.17, 15) is 4.39 Å². The van der Waals surface area contributed by atoms with Crippen LogP contribution in [0.3, 0.4) is 0 Å². The molecule has 2 aromatic rings. The minimum absolute atomic E-state index is 0.0708. The van der Waals surface area contributed by atoms with Crippen molar-refractivity contribution < 1.29 is 4.39 Å². The largest absolute Gasteiger partial charge is 0.308 e. The molecule has 1 N–H and O–H groups in total. The molecule has 2 rings (SSSR count). The third kappa shape index (κ3) is 4.32. The summed E-state index contributed by atoms with van der Waals surface area (Å²) < 4.78 is 15.2. The second-order valence-electron chi connectivity index (χ2n) is 5.90. The lowest BCUT2D eigenvalue weighted by molar-refractivity contribution is 0.424. The highest BCUT2D eigenvalue weighted by Crippen LogP contribution is 2.16. The van der Waals surface area contributed by atoms with Crippen molar-refractivity contribution in [2.75, 3.05) is 0 Å². The summed E-state index contributed by atoms with van der Waals surface area (Å²) in [6.07, 6.45) is 3.79. The Hall–Kier alpha value is -1.39. The molecule has 108 valence electrons. The summed E-state index contributed by atoms with van der Waals surface area (Å²) in [5.41, 5.74) is 2.01. The standard InChI is InChI=1S/C15H19ClFN3/c1-15(2,3)18-7-12-8-19-20(10-12)9-11-4-5-13(16)14(17)6-11/h4-6,8,10,18H,7,9H2,1-3H3. The first-order valence-electron chi connectivity index (χ1n) is 6.54. The van der Waals surface area contributed by atoms with E-state index in [2.05, 4.69) is 31.2 Å². The van der Waals surface area contributed by atoms with Gasteiger partial charge in [-0.3, -0.25) is 4.68 Å². The summed E-state index contributed by atoms with van der Waals surface area (Å²) in [6, 6.07) is 4.81. The maximum atomic E-state index is 13.4. The van der Waals surface area contributed by atoms with Crippen LogP contribution in [0.2, 0.25) is 5.02 Å². The first-order chi connectivity index (χ1) is 9.33. The molecule has 0 bridgehead atoms. The van der Waals surface area contributed by atoms with Crippen molar-refractivity contribution in [1.29, 1.82) is 0 Å². The molecule has 0 spiro atoms. The fraction of sp³-hybridized carbons (Fsp3) is 0.400. The van der Waals surface area contributed by atoms with Crippen molar-refractivity contribution in [2.24, 2.45) is 0 Å². The lowest BCUT2D eigenvalue weighted by Gasteiger charge is -2.19. The minimum Gasteiger partial charge on any atom is -0.308 e. The smallest absolute Gasteiger partial charge is 0.142 e. The van der Waals surface area contributed by atoms with Crippen molar-refractivity contribution in [3.8, 4) is 0 Å². The number of hydrogen-bond donors (Lipinski definition) is 1. The van der Waals surface area contributed by atoms with Crippen LogP contribution in [0.1, 0.15) is 31.9 Å². The van der Waals surface area contributed by atoms with Crippen LogP contribution >= 0.6 is 11.6 Å². The van der Waals surface area contributed by atoms with Gasteiger partial charge in [0.15, 0.2) is 0 Å². The van der Waals surface area contributed by atoms with Gasteiger partial charge in [-0.05, 0) is 38.5 Å². The predicted octanol–water partition coefficient (Wildman–Crippen LogP) is 3.61. The quantitative estimate of drug-likeness (QED) is 0.934. The van der Waals surface area contributed by atoms with Crippen molar-refractivity contribution in [3.63, 3.8) is 0 Å². The molecule has 5 heteroatoms. The average Bonchev–Trinajstić information content (AvgIpc) is 2.78. The molecule has 20 heavy (non-hydrogen) atoms. The molecule has 1 aromatic carbocycles. The number of nitrogens with zero attached hydrogens (tertiary/aromatic N) is 2. The second-order valence-corrected chi connectivity index (χ2v) is 6.31. The molecular formula is C15H19ClFN3. The highest BCUT2D eigenvalue weighted by Gasteiger charge is 2.09. The van der Waals surface area contributed by atoms with Gasteiger partial charge in [0.25, 0.3) is 0 Å². The number of benzene rings is 1. The van der Waals surface area contributed by atoms with Crippen LogP contribution in [-0.2, 0) is 13.1 Å². The van der Waals surface area contributed by atoms with Crippen molar-refractivity contribution in [1.82, 2.24) is 15.1 Å². The van der Waals surface area contributed by atoms with E-state index >= 15 is 0 Å². The summed E-state index contributed by atoms with van der Waals surface area (Å²) in [5, 5.41) is 7.83. The van der Waals surface area contributed by atoms with E-state index < -0.39 is 5.82 Å². The molecule has 0 unspecified atom stereocenters. The van der Waals surface area contributed by atoms with Crippen LogP contribution < -0.4 is 5.32 Å². The van der Waals surface area contributed by atoms with Gasteiger partial charge in [-0.15, -0.1) is 0 Å². The zero-order chi connectivity index (χ0) is 14.8. The van der Waals surface area contributed by atoms with Gasteiger partial charge in [0.2, 0.25) is 0 Å². The Kier molecular flexibility index (Phi) is 4.45. The minimum atomic E-state index is -0.397. The van der Waals surface area contributed by atoms with Gasteiger partial charge in [-0.2, -0.15) is 5.10 Å². The van der Waals surface area contributed by atoms with Gasteiger partial charge in [0, 0.05) is 23.8 Å². The lowest BCUT2D eigenvalue weighted by atomic mass is 10.1. The molecule has 1 aromatic heterocycles. The van der Waals surface area contributed by atoms with Crippen LogP contribution in [0, 0.1) is 5.82 Å². The molecule has 0 radical (unpaired) electrons. The lowest BCUT2D eigenvalue weighted by Crippen LogP contribution is -2.34. The number of hydrogen-bond acceptors (Lipinski definition) is 2. The molecule has 1 heterocycles. The van der Waals surface area contributed by atoms with E-state index in [4.69, 9.17) is 11.6 Å². The number of nitrogens with one attached hydrogen (secondary N) is 1. The van der Waals surface area contributed by atoms with E-state index in [0.29, 0.717) is 6.54 Å². The third-order valence-electron chi connectivity index (χ3n) is 2.84. The van der Waals surface area contributed by atoms with E-state index in [1.165, 1.54) is 6.07 Å². The molecule has 0 aliphatic rings. The van der Waals surface area contributed by atoms with E-state index in [1.807, 2.05) is 12.4 Å². The van der Waals surface area contributed by atoms with Crippen LogP contribution in [0.4, 0.5) is 4.39 Å². The Morgan fingerprint density at radius 1 is 1.30 bits per heavy atom. The number of halogens is 2. The maximum absolute atomic E-state index is 13.4. The topological polar surface area (TPSA) is 29.9 Å². The fourth-order valence-electron chi connectivity index (χ4n) is 1.78. The predicted molar refractivity (Wildman–Crippen MR) is 79.3 cm³/mol. The first kappa shape index (κ1) is 15.0. The Labute approximate surface area is 123 Å². The Morgan fingerprint density at radius 2 is 2.05 bits per heavy atom. The van der Waals surface area contributed by atoms with Crippen LogP contribution in [-0.4, -0.2) is 15.3 Å². The second kappa shape index (κ2) is 5.94. The zero-order valence-corrected chi connectivity index (χ0v) is 12.7. The zero-order valence-electron chi connectivity index (χ0n) is 12.0. The molecule has 0 amide bonds. The average molecular weight is 296 g/mol.